The molecule has 1 atom stereocenters. The van der Waals surface area contributed by atoms with Crippen LogP contribution in [0.1, 0.15) is 15.9 Å². The second-order valence-corrected chi connectivity index (χ2v) is 7.92. The molecule has 1 amide bonds. The molecule has 104 valence electrons. The molecular weight excluding hydrogens is 344 g/mol. The predicted molar refractivity (Wildman–Crippen MR) is 89.2 cm³/mol. The lowest BCUT2D eigenvalue weighted by Gasteiger charge is -2.21. The molecule has 2 rings (SSSR count). The van der Waals surface area contributed by atoms with Gasteiger partial charge in [-0.2, -0.15) is 23.5 Å². The fourth-order valence-electron chi connectivity index (χ4n) is 1.89. The molecule has 1 saturated heterocycles. The molecule has 1 aliphatic heterocycles. The van der Waals surface area contributed by atoms with Gasteiger partial charge in [-0.15, -0.1) is 0 Å². The summed E-state index contributed by atoms with van der Waals surface area (Å²) in [6, 6.07) is 3.64. The molecule has 0 bridgehead atoms. The molecule has 19 heavy (non-hydrogen) atoms. The van der Waals surface area contributed by atoms with Gasteiger partial charge in [-0.1, -0.05) is 15.9 Å². The van der Waals surface area contributed by atoms with Crippen LogP contribution in [0, 0.1) is 6.92 Å². The van der Waals surface area contributed by atoms with E-state index in [4.69, 9.17) is 5.73 Å². The highest BCUT2D eigenvalue weighted by Gasteiger charge is 2.17. The number of hydrogen-bond acceptors (Lipinski definition) is 4. The van der Waals surface area contributed by atoms with Gasteiger partial charge in [0.05, 0.1) is 0 Å². The van der Waals surface area contributed by atoms with Crippen LogP contribution in [0.3, 0.4) is 0 Å². The maximum atomic E-state index is 12.2. The minimum atomic E-state index is -0.0401. The molecule has 0 spiro atoms. The highest BCUT2D eigenvalue weighted by molar-refractivity contribution is 9.10. The number of hydrogen-bond donors (Lipinski definition) is 2. The summed E-state index contributed by atoms with van der Waals surface area (Å²) in [6.07, 6.45) is 0. The van der Waals surface area contributed by atoms with Crippen molar-refractivity contribution in [2.45, 2.75) is 12.2 Å². The third kappa shape index (κ3) is 4.07. The first-order chi connectivity index (χ1) is 9.08. The number of benzene rings is 1. The maximum Gasteiger partial charge on any atom is 0.251 e. The van der Waals surface area contributed by atoms with Gasteiger partial charge in [0, 0.05) is 44.8 Å². The van der Waals surface area contributed by atoms with Crippen LogP contribution in [0.5, 0.6) is 0 Å². The summed E-state index contributed by atoms with van der Waals surface area (Å²) in [5.41, 5.74) is 8.01. The Hall–Kier alpha value is -0.330. The number of anilines is 1. The monoisotopic (exact) mass is 360 g/mol. The highest BCUT2D eigenvalue weighted by Crippen LogP contribution is 2.24. The quantitative estimate of drug-likeness (QED) is 0.813. The summed E-state index contributed by atoms with van der Waals surface area (Å²) in [6.45, 7) is 2.60. The fourth-order valence-corrected chi connectivity index (χ4v) is 4.98. The number of rotatable bonds is 3. The third-order valence-corrected chi connectivity index (χ3v) is 6.34. The number of carbonyl (C=O) groups excluding carboxylic acids is 1. The minimum Gasteiger partial charge on any atom is -0.398 e. The van der Waals surface area contributed by atoms with E-state index in [1.807, 2.05) is 42.6 Å². The van der Waals surface area contributed by atoms with Crippen LogP contribution < -0.4 is 11.1 Å². The predicted octanol–water partition coefficient (Wildman–Crippen LogP) is 2.92. The summed E-state index contributed by atoms with van der Waals surface area (Å²) in [7, 11) is 0. The van der Waals surface area contributed by atoms with Crippen molar-refractivity contribution < 1.29 is 4.79 Å². The summed E-state index contributed by atoms with van der Waals surface area (Å²) < 4.78 is 0.836. The van der Waals surface area contributed by atoms with Crippen molar-refractivity contribution in [3.63, 3.8) is 0 Å². The maximum absolute atomic E-state index is 12.2. The zero-order valence-corrected chi connectivity index (χ0v) is 14.0. The highest BCUT2D eigenvalue weighted by atomic mass is 79.9. The molecule has 1 aromatic rings. The van der Waals surface area contributed by atoms with Gasteiger partial charge in [-0.3, -0.25) is 4.79 Å². The Bertz CT molecular complexity index is 476. The molecule has 1 heterocycles. The molecule has 3 nitrogen and oxygen atoms in total. The van der Waals surface area contributed by atoms with Crippen molar-refractivity contribution in [1.82, 2.24) is 5.32 Å². The van der Waals surface area contributed by atoms with Crippen LogP contribution in [0.2, 0.25) is 0 Å². The second kappa shape index (κ2) is 6.90. The Balaban J connectivity index is 1.99. The van der Waals surface area contributed by atoms with Crippen LogP contribution in [-0.2, 0) is 0 Å². The molecule has 0 radical (unpaired) electrons. The van der Waals surface area contributed by atoms with E-state index in [-0.39, 0.29) is 5.91 Å². The summed E-state index contributed by atoms with van der Waals surface area (Å²) in [4.78, 5) is 12.2. The van der Waals surface area contributed by atoms with Gasteiger partial charge in [-0.05, 0) is 24.6 Å². The first-order valence-corrected chi connectivity index (χ1v) is 9.10. The molecule has 6 heteroatoms. The van der Waals surface area contributed by atoms with Gasteiger partial charge >= 0.3 is 0 Å². The molecule has 1 unspecified atom stereocenters. The number of halogens is 1. The zero-order chi connectivity index (χ0) is 13.8. The number of nitrogen functional groups attached to an aromatic ring is 1. The Labute approximate surface area is 130 Å². The normalized spacial score (nSPS) is 19.2. The van der Waals surface area contributed by atoms with Crippen molar-refractivity contribution in [3.05, 3.63) is 27.7 Å². The summed E-state index contributed by atoms with van der Waals surface area (Å²) >= 11 is 7.28. The molecular formula is C13H17BrN2OS2. The van der Waals surface area contributed by atoms with Crippen molar-refractivity contribution in [2.75, 3.05) is 29.5 Å². The minimum absolute atomic E-state index is 0.0401. The van der Waals surface area contributed by atoms with E-state index in [0.717, 1.165) is 22.3 Å². The van der Waals surface area contributed by atoms with E-state index in [9.17, 15) is 4.79 Å². The van der Waals surface area contributed by atoms with Crippen LogP contribution >= 0.6 is 39.5 Å². The summed E-state index contributed by atoms with van der Waals surface area (Å²) in [5, 5.41) is 3.54. The van der Waals surface area contributed by atoms with Crippen molar-refractivity contribution in [2.24, 2.45) is 0 Å². The first kappa shape index (κ1) is 15.1. The van der Waals surface area contributed by atoms with Crippen molar-refractivity contribution >= 4 is 51.0 Å². The molecule has 1 aliphatic rings. The van der Waals surface area contributed by atoms with E-state index in [1.54, 1.807) is 0 Å². The summed E-state index contributed by atoms with van der Waals surface area (Å²) in [5.74, 6) is 3.47. The average molecular weight is 361 g/mol. The molecule has 0 aromatic heterocycles. The Morgan fingerprint density at radius 3 is 3.00 bits per heavy atom. The lowest BCUT2D eigenvalue weighted by Crippen LogP contribution is -2.33. The molecule has 1 fully saturated rings. The van der Waals surface area contributed by atoms with E-state index in [1.165, 1.54) is 11.5 Å². The molecule has 0 aliphatic carbocycles. The van der Waals surface area contributed by atoms with E-state index in [2.05, 4.69) is 21.2 Å². The van der Waals surface area contributed by atoms with Gasteiger partial charge in [0.1, 0.15) is 0 Å². The van der Waals surface area contributed by atoms with E-state index < -0.39 is 0 Å². The zero-order valence-electron chi connectivity index (χ0n) is 10.7. The Morgan fingerprint density at radius 1 is 1.53 bits per heavy atom. The second-order valence-electron chi connectivity index (χ2n) is 4.45. The largest absolute Gasteiger partial charge is 0.398 e. The smallest absolute Gasteiger partial charge is 0.251 e. The van der Waals surface area contributed by atoms with Crippen LogP contribution in [0.25, 0.3) is 0 Å². The number of amides is 1. The van der Waals surface area contributed by atoms with Gasteiger partial charge in [0.2, 0.25) is 0 Å². The first-order valence-electron chi connectivity index (χ1n) is 6.11. The molecule has 3 N–H and O–H groups in total. The number of carbonyl (C=O) groups is 1. The van der Waals surface area contributed by atoms with E-state index in [0.29, 0.717) is 16.5 Å². The fraction of sp³-hybridized carbons (Fsp3) is 0.462. The van der Waals surface area contributed by atoms with Crippen molar-refractivity contribution in [3.8, 4) is 0 Å². The van der Waals surface area contributed by atoms with Gasteiger partial charge in [-0.25, -0.2) is 0 Å². The SMILES string of the molecule is Cc1c(N)cc(Br)cc1C(=O)NCC1CSCCS1. The number of nitrogens with two attached hydrogens (primary N) is 1. The van der Waals surface area contributed by atoms with Gasteiger partial charge < -0.3 is 11.1 Å². The van der Waals surface area contributed by atoms with Crippen LogP contribution in [-0.4, -0.2) is 35.0 Å². The topological polar surface area (TPSA) is 55.1 Å². The molecule has 1 aromatic carbocycles. The number of thioether (sulfide) groups is 2. The Kier molecular flexibility index (Phi) is 5.47. The van der Waals surface area contributed by atoms with Gasteiger partial charge in [0.25, 0.3) is 5.91 Å². The Morgan fingerprint density at radius 2 is 2.32 bits per heavy atom. The lowest BCUT2D eigenvalue weighted by atomic mass is 10.1. The lowest BCUT2D eigenvalue weighted by molar-refractivity contribution is 0.0953. The van der Waals surface area contributed by atoms with Crippen LogP contribution in [0.4, 0.5) is 5.69 Å². The van der Waals surface area contributed by atoms with Gasteiger partial charge in [0.15, 0.2) is 0 Å². The van der Waals surface area contributed by atoms with Crippen molar-refractivity contribution in [1.29, 1.82) is 0 Å². The third-order valence-electron chi connectivity index (χ3n) is 3.03. The number of nitrogens with one attached hydrogen (secondary N) is 1. The standard InChI is InChI=1S/C13H17BrN2OS2/c1-8-11(4-9(14)5-12(8)15)13(17)16-6-10-7-18-2-3-19-10/h4-5,10H,2-3,6-7,15H2,1H3,(H,16,17). The van der Waals surface area contributed by atoms with E-state index >= 15 is 0 Å². The van der Waals surface area contributed by atoms with Crippen LogP contribution in [0.15, 0.2) is 16.6 Å². The molecule has 0 saturated carbocycles. The average Bonchev–Trinajstić information content (AvgIpc) is 2.41.